The van der Waals surface area contributed by atoms with Crippen LogP contribution in [0.15, 0.2) is 36.4 Å². The van der Waals surface area contributed by atoms with Gasteiger partial charge in [0.1, 0.15) is 12.4 Å². The Morgan fingerprint density at radius 2 is 2.04 bits per heavy atom. The molecule has 0 aliphatic rings. The Hall–Kier alpha value is -2.23. The Labute approximate surface area is 151 Å². The van der Waals surface area contributed by atoms with Crippen molar-refractivity contribution in [3.8, 4) is 22.9 Å². The van der Waals surface area contributed by atoms with Crippen LogP contribution in [0, 0.1) is 9.39 Å². The van der Waals surface area contributed by atoms with Crippen LogP contribution in [0.1, 0.15) is 12.5 Å². The zero-order chi connectivity index (χ0) is 16.9. The Bertz CT molecular complexity index is 827. The second-order valence-corrected chi connectivity index (χ2v) is 6.00. The largest absolute Gasteiger partial charge is 0.490 e. The van der Waals surface area contributed by atoms with E-state index in [1.54, 1.807) is 24.3 Å². The standard InChI is InChI=1S/C16H14FIN4O2/c1-2-23-14-8-11(16-19-21-22-20-16)7-13(18)15(14)24-9-10-5-3-4-6-12(10)17/h3-8H,2,9H2,1H3,(H,19,20,21,22). The molecular weight excluding hydrogens is 426 g/mol. The first kappa shape index (κ1) is 16.6. The lowest BCUT2D eigenvalue weighted by Gasteiger charge is -2.15. The molecule has 0 atom stereocenters. The lowest BCUT2D eigenvalue weighted by Crippen LogP contribution is -2.03. The average Bonchev–Trinajstić information content (AvgIpc) is 3.10. The van der Waals surface area contributed by atoms with Crippen molar-refractivity contribution in [2.75, 3.05) is 6.61 Å². The lowest BCUT2D eigenvalue weighted by atomic mass is 10.2. The summed E-state index contributed by atoms with van der Waals surface area (Å²) in [6.45, 7) is 2.47. The molecule has 0 saturated heterocycles. The summed E-state index contributed by atoms with van der Waals surface area (Å²) in [7, 11) is 0. The third-order valence-corrected chi connectivity index (χ3v) is 4.04. The van der Waals surface area contributed by atoms with Gasteiger partial charge in [0, 0.05) is 11.1 Å². The van der Waals surface area contributed by atoms with E-state index in [2.05, 4.69) is 43.2 Å². The van der Waals surface area contributed by atoms with Crippen LogP contribution >= 0.6 is 22.6 Å². The molecule has 0 aliphatic heterocycles. The third-order valence-electron chi connectivity index (χ3n) is 3.24. The molecule has 0 fully saturated rings. The highest BCUT2D eigenvalue weighted by atomic mass is 127. The number of rotatable bonds is 6. The molecule has 8 heteroatoms. The van der Waals surface area contributed by atoms with Gasteiger partial charge in [-0.2, -0.15) is 5.21 Å². The molecule has 0 unspecified atom stereocenters. The van der Waals surface area contributed by atoms with Crippen molar-refractivity contribution in [3.05, 3.63) is 51.3 Å². The van der Waals surface area contributed by atoms with E-state index in [9.17, 15) is 4.39 Å². The molecule has 6 nitrogen and oxygen atoms in total. The van der Waals surface area contributed by atoms with E-state index in [0.29, 0.717) is 29.5 Å². The number of hydrogen-bond donors (Lipinski definition) is 1. The fourth-order valence-electron chi connectivity index (χ4n) is 2.15. The van der Waals surface area contributed by atoms with Crippen LogP contribution in [0.5, 0.6) is 11.5 Å². The molecule has 2 aromatic carbocycles. The van der Waals surface area contributed by atoms with Crippen LogP contribution in [0.4, 0.5) is 4.39 Å². The number of benzene rings is 2. The van der Waals surface area contributed by atoms with E-state index >= 15 is 0 Å². The summed E-state index contributed by atoms with van der Waals surface area (Å²) in [6.07, 6.45) is 0. The minimum absolute atomic E-state index is 0.115. The minimum atomic E-state index is -0.297. The van der Waals surface area contributed by atoms with E-state index in [1.165, 1.54) is 6.07 Å². The lowest BCUT2D eigenvalue weighted by molar-refractivity contribution is 0.264. The highest BCUT2D eigenvalue weighted by molar-refractivity contribution is 14.1. The summed E-state index contributed by atoms with van der Waals surface area (Å²) in [5.41, 5.74) is 1.24. The van der Waals surface area contributed by atoms with Crippen LogP contribution in [0.2, 0.25) is 0 Å². The molecule has 0 radical (unpaired) electrons. The van der Waals surface area contributed by atoms with Gasteiger partial charge >= 0.3 is 0 Å². The predicted octanol–water partition coefficient (Wildman–Crippen LogP) is 3.59. The predicted molar refractivity (Wildman–Crippen MR) is 94.2 cm³/mol. The first-order chi connectivity index (χ1) is 11.7. The maximum absolute atomic E-state index is 13.8. The summed E-state index contributed by atoms with van der Waals surface area (Å²) < 4.78 is 26.1. The molecule has 3 rings (SSSR count). The van der Waals surface area contributed by atoms with Gasteiger partial charge in [-0.15, -0.1) is 10.2 Å². The number of ether oxygens (including phenoxy) is 2. The summed E-state index contributed by atoms with van der Waals surface area (Å²) in [4.78, 5) is 0. The number of hydrogen-bond acceptors (Lipinski definition) is 5. The molecule has 3 aromatic rings. The molecule has 1 aromatic heterocycles. The molecule has 24 heavy (non-hydrogen) atoms. The van der Waals surface area contributed by atoms with Gasteiger partial charge in [-0.3, -0.25) is 0 Å². The summed E-state index contributed by atoms with van der Waals surface area (Å²) in [5, 5.41) is 13.9. The highest BCUT2D eigenvalue weighted by Gasteiger charge is 2.16. The van der Waals surface area contributed by atoms with Crippen LogP contribution in [0.25, 0.3) is 11.4 Å². The van der Waals surface area contributed by atoms with Crippen LogP contribution < -0.4 is 9.47 Å². The molecule has 0 bridgehead atoms. The molecule has 1 heterocycles. The SMILES string of the molecule is CCOc1cc(-c2nn[nH]n2)cc(I)c1OCc1ccccc1F. The van der Waals surface area contributed by atoms with Crippen molar-refractivity contribution in [3.63, 3.8) is 0 Å². The van der Waals surface area contributed by atoms with Gasteiger partial charge in [-0.05, 0) is 52.9 Å². The van der Waals surface area contributed by atoms with E-state index in [1.807, 2.05) is 13.0 Å². The molecule has 0 saturated carbocycles. The Balaban J connectivity index is 1.90. The zero-order valence-corrected chi connectivity index (χ0v) is 14.9. The number of H-pyrrole nitrogens is 1. The summed E-state index contributed by atoms with van der Waals surface area (Å²) in [5.74, 6) is 1.29. The minimum Gasteiger partial charge on any atom is -0.490 e. The summed E-state index contributed by atoms with van der Waals surface area (Å²) in [6, 6.07) is 10.2. The number of aromatic nitrogens is 4. The van der Waals surface area contributed by atoms with E-state index in [0.717, 1.165) is 9.13 Å². The van der Waals surface area contributed by atoms with Crippen molar-refractivity contribution < 1.29 is 13.9 Å². The molecule has 1 N–H and O–H groups in total. The van der Waals surface area contributed by atoms with Crippen molar-refractivity contribution in [2.45, 2.75) is 13.5 Å². The molecule has 0 spiro atoms. The molecule has 124 valence electrons. The van der Waals surface area contributed by atoms with Crippen molar-refractivity contribution in [1.82, 2.24) is 20.6 Å². The van der Waals surface area contributed by atoms with E-state index in [4.69, 9.17) is 9.47 Å². The van der Waals surface area contributed by atoms with Crippen molar-refractivity contribution in [2.24, 2.45) is 0 Å². The number of nitrogens with zero attached hydrogens (tertiary/aromatic N) is 3. The summed E-state index contributed by atoms with van der Waals surface area (Å²) >= 11 is 2.14. The maximum Gasteiger partial charge on any atom is 0.204 e. The normalized spacial score (nSPS) is 10.6. The molecule has 0 aliphatic carbocycles. The van der Waals surface area contributed by atoms with Gasteiger partial charge in [-0.25, -0.2) is 4.39 Å². The number of tetrazole rings is 1. The number of nitrogens with one attached hydrogen (secondary N) is 1. The molecule has 0 amide bonds. The van der Waals surface area contributed by atoms with Gasteiger partial charge in [0.2, 0.25) is 5.82 Å². The topological polar surface area (TPSA) is 72.9 Å². The zero-order valence-electron chi connectivity index (χ0n) is 12.8. The first-order valence-corrected chi connectivity index (χ1v) is 8.33. The molecular formula is C16H14FIN4O2. The second kappa shape index (κ2) is 7.56. The monoisotopic (exact) mass is 440 g/mol. The Morgan fingerprint density at radius 1 is 1.21 bits per heavy atom. The fraction of sp³-hybridized carbons (Fsp3) is 0.188. The quantitative estimate of drug-likeness (QED) is 0.594. The van der Waals surface area contributed by atoms with Crippen molar-refractivity contribution >= 4 is 22.6 Å². The second-order valence-electron chi connectivity index (χ2n) is 4.83. The van der Waals surface area contributed by atoms with Gasteiger partial charge in [-0.1, -0.05) is 18.2 Å². The average molecular weight is 440 g/mol. The Morgan fingerprint density at radius 3 is 2.75 bits per heavy atom. The van der Waals surface area contributed by atoms with Crippen molar-refractivity contribution in [1.29, 1.82) is 0 Å². The van der Waals surface area contributed by atoms with Gasteiger partial charge in [0.25, 0.3) is 0 Å². The number of aromatic amines is 1. The van der Waals surface area contributed by atoms with E-state index in [-0.39, 0.29) is 12.4 Å². The van der Waals surface area contributed by atoms with Crippen LogP contribution in [0.3, 0.4) is 0 Å². The van der Waals surface area contributed by atoms with Gasteiger partial charge < -0.3 is 9.47 Å². The van der Waals surface area contributed by atoms with Gasteiger partial charge in [0.15, 0.2) is 11.5 Å². The fourth-order valence-corrected chi connectivity index (χ4v) is 2.91. The van der Waals surface area contributed by atoms with Crippen LogP contribution in [-0.2, 0) is 6.61 Å². The van der Waals surface area contributed by atoms with Crippen LogP contribution in [-0.4, -0.2) is 27.2 Å². The Kier molecular flexibility index (Phi) is 5.24. The van der Waals surface area contributed by atoms with E-state index < -0.39 is 0 Å². The first-order valence-electron chi connectivity index (χ1n) is 7.25. The highest BCUT2D eigenvalue weighted by Crippen LogP contribution is 2.37. The maximum atomic E-state index is 13.8. The smallest absolute Gasteiger partial charge is 0.204 e. The third kappa shape index (κ3) is 3.64. The van der Waals surface area contributed by atoms with Gasteiger partial charge in [0.05, 0.1) is 10.2 Å². The number of halogens is 2.